The molecule has 1 aliphatic rings. The maximum absolute atomic E-state index is 12.3. The smallest absolute Gasteiger partial charge is 0.406 e. The molecule has 1 amide bonds. The summed E-state index contributed by atoms with van der Waals surface area (Å²) in [5.74, 6) is -1.27. The first-order valence-corrected chi connectivity index (χ1v) is 9.36. The zero-order valence-electron chi connectivity index (χ0n) is 13.5. The average molecular weight is 380 g/mol. The lowest BCUT2D eigenvalue weighted by Gasteiger charge is -2.30. The number of carbonyl (C=O) groups is 1. The lowest BCUT2D eigenvalue weighted by molar-refractivity contribution is -0.274. The number of hydrogen-bond donors (Lipinski definition) is 1. The molecule has 1 aliphatic heterocycles. The van der Waals surface area contributed by atoms with E-state index in [4.69, 9.17) is 0 Å². The number of halogens is 3. The van der Waals surface area contributed by atoms with E-state index in [-0.39, 0.29) is 24.0 Å². The number of amides is 1. The van der Waals surface area contributed by atoms with Crippen molar-refractivity contribution >= 4 is 21.6 Å². The molecule has 1 aromatic carbocycles. The molecule has 10 heteroatoms. The molecule has 1 heterocycles. The van der Waals surface area contributed by atoms with Gasteiger partial charge in [0.1, 0.15) is 5.75 Å². The number of ether oxygens (including phenoxy) is 1. The fraction of sp³-hybridized carbons (Fsp3) is 0.533. The molecule has 0 saturated carbocycles. The molecule has 1 N–H and O–H groups in total. The molecule has 25 heavy (non-hydrogen) atoms. The number of carbonyl (C=O) groups excluding carboxylic acids is 1. The fourth-order valence-electron chi connectivity index (χ4n) is 2.58. The van der Waals surface area contributed by atoms with Gasteiger partial charge in [-0.15, -0.1) is 13.2 Å². The third-order valence-corrected chi connectivity index (χ3v) is 5.72. The first kappa shape index (κ1) is 19.5. The maximum Gasteiger partial charge on any atom is 0.573 e. The minimum absolute atomic E-state index is 0.0258. The SMILES string of the molecule is CCS(=O)(=O)N1CCC[C@H](C(=O)Nc2ccc(OC(F)(F)F)cc2)C1. The van der Waals surface area contributed by atoms with Crippen LogP contribution in [0.25, 0.3) is 0 Å². The lowest BCUT2D eigenvalue weighted by Crippen LogP contribution is -2.44. The van der Waals surface area contributed by atoms with Gasteiger partial charge in [-0.25, -0.2) is 12.7 Å². The Bertz CT molecular complexity index is 704. The summed E-state index contributed by atoms with van der Waals surface area (Å²) in [7, 11) is -3.35. The van der Waals surface area contributed by atoms with E-state index >= 15 is 0 Å². The second-order valence-corrected chi connectivity index (χ2v) is 7.92. The maximum atomic E-state index is 12.3. The van der Waals surface area contributed by atoms with Gasteiger partial charge in [-0.1, -0.05) is 0 Å². The van der Waals surface area contributed by atoms with Crippen molar-refractivity contribution in [3.05, 3.63) is 24.3 Å². The van der Waals surface area contributed by atoms with Crippen LogP contribution in [0.3, 0.4) is 0 Å². The van der Waals surface area contributed by atoms with Crippen molar-refractivity contribution < 1.29 is 31.1 Å². The molecule has 1 saturated heterocycles. The lowest BCUT2D eigenvalue weighted by atomic mass is 9.99. The van der Waals surface area contributed by atoms with Crippen LogP contribution in [0, 0.1) is 5.92 Å². The van der Waals surface area contributed by atoms with E-state index in [0.717, 1.165) is 12.1 Å². The highest BCUT2D eigenvalue weighted by Crippen LogP contribution is 2.25. The molecule has 0 spiro atoms. The first-order valence-electron chi connectivity index (χ1n) is 7.75. The third-order valence-electron chi connectivity index (χ3n) is 3.87. The van der Waals surface area contributed by atoms with Gasteiger partial charge in [-0.05, 0) is 44.0 Å². The second-order valence-electron chi connectivity index (χ2n) is 5.66. The normalized spacial score (nSPS) is 19.4. The number of anilines is 1. The zero-order valence-corrected chi connectivity index (χ0v) is 14.4. The van der Waals surface area contributed by atoms with Gasteiger partial charge in [0.05, 0.1) is 11.7 Å². The molecule has 0 aliphatic carbocycles. The molecule has 1 atom stereocenters. The van der Waals surface area contributed by atoms with Crippen molar-refractivity contribution in [3.8, 4) is 5.75 Å². The van der Waals surface area contributed by atoms with Gasteiger partial charge in [0.25, 0.3) is 0 Å². The summed E-state index contributed by atoms with van der Waals surface area (Å²) in [4.78, 5) is 12.3. The van der Waals surface area contributed by atoms with Gasteiger partial charge in [0.2, 0.25) is 15.9 Å². The van der Waals surface area contributed by atoms with Gasteiger partial charge in [0, 0.05) is 18.8 Å². The molecular weight excluding hydrogens is 361 g/mol. The minimum Gasteiger partial charge on any atom is -0.406 e. The monoisotopic (exact) mass is 380 g/mol. The van der Waals surface area contributed by atoms with Crippen LogP contribution in [-0.2, 0) is 14.8 Å². The Kier molecular flexibility index (Phi) is 5.94. The number of alkyl halides is 3. The Labute approximate surface area is 144 Å². The largest absolute Gasteiger partial charge is 0.573 e. The van der Waals surface area contributed by atoms with Crippen LogP contribution < -0.4 is 10.1 Å². The Balaban J connectivity index is 1.97. The summed E-state index contributed by atoms with van der Waals surface area (Å²) in [6.45, 7) is 2.05. The molecular formula is C15H19F3N2O4S. The number of piperidine rings is 1. The van der Waals surface area contributed by atoms with E-state index in [1.54, 1.807) is 6.92 Å². The Hall–Kier alpha value is -1.81. The van der Waals surface area contributed by atoms with Gasteiger partial charge in [-0.3, -0.25) is 4.79 Å². The van der Waals surface area contributed by atoms with E-state index < -0.39 is 22.3 Å². The first-order chi connectivity index (χ1) is 11.6. The molecule has 1 aromatic rings. The van der Waals surface area contributed by atoms with Crippen molar-refractivity contribution in [2.24, 2.45) is 5.92 Å². The van der Waals surface area contributed by atoms with Crippen molar-refractivity contribution in [1.82, 2.24) is 4.31 Å². The molecule has 0 radical (unpaired) electrons. The van der Waals surface area contributed by atoms with Gasteiger partial charge < -0.3 is 10.1 Å². The number of sulfonamides is 1. The van der Waals surface area contributed by atoms with Crippen molar-refractivity contribution in [2.75, 3.05) is 24.2 Å². The van der Waals surface area contributed by atoms with E-state index in [9.17, 15) is 26.4 Å². The molecule has 1 fully saturated rings. The van der Waals surface area contributed by atoms with Crippen LogP contribution in [0.1, 0.15) is 19.8 Å². The summed E-state index contributed by atoms with van der Waals surface area (Å²) in [5, 5.41) is 2.59. The van der Waals surface area contributed by atoms with Crippen LogP contribution in [0.4, 0.5) is 18.9 Å². The highest BCUT2D eigenvalue weighted by atomic mass is 32.2. The molecule has 2 rings (SSSR count). The summed E-state index contributed by atoms with van der Waals surface area (Å²) in [6, 6.07) is 4.78. The summed E-state index contributed by atoms with van der Waals surface area (Å²) >= 11 is 0. The minimum atomic E-state index is -4.78. The number of nitrogens with zero attached hydrogens (tertiary/aromatic N) is 1. The Morgan fingerprint density at radius 2 is 1.96 bits per heavy atom. The van der Waals surface area contributed by atoms with E-state index in [2.05, 4.69) is 10.1 Å². The number of benzene rings is 1. The van der Waals surface area contributed by atoms with Crippen LogP contribution in [0.2, 0.25) is 0 Å². The summed E-state index contributed by atoms with van der Waals surface area (Å²) in [6.07, 6.45) is -3.65. The number of hydrogen-bond acceptors (Lipinski definition) is 4. The molecule has 0 bridgehead atoms. The van der Waals surface area contributed by atoms with Crippen LogP contribution in [0.5, 0.6) is 5.75 Å². The molecule has 140 valence electrons. The predicted octanol–water partition coefficient (Wildman–Crippen LogP) is 2.59. The molecule has 0 aromatic heterocycles. The quantitative estimate of drug-likeness (QED) is 0.852. The zero-order chi connectivity index (χ0) is 18.7. The standard InChI is InChI=1S/C15H19F3N2O4S/c1-2-25(22,23)20-9-3-4-11(10-20)14(21)19-12-5-7-13(8-6-12)24-15(16,17)18/h5-8,11H,2-4,9-10H2,1H3,(H,19,21)/t11-/m0/s1. The second kappa shape index (κ2) is 7.61. The van der Waals surface area contributed by atoms with Crippen LogP contribution >= 0.6 is 0 Å². The highest BCUT2D eigenvalue weighted by molar-refractivity contribution is 7.89. The van der Waals surface area contributed by atoms with Crippen molar-refractivity contribution in [3.63, 3.8) is 0 Å². The number of rotatable bonds is 5. The van der Waals surface area contributed by atoms with E-state index in [0.29, 0.717) is 25.1 Å². The molecule has 6 nitrogen and oxygen atoms in total. The third kappa shape index (κ3) is 5.60. The van der Waals surface area contributed by atoms with Crippen LogP contribution in [-0.4, -0.2) is 43.8 Å². The van der Waals surface area contributed by atoms with Crippen molar-refractivity contribution in [2.45, 2.75) is 26.1 Å². The summed E-state index contributed by atoms with van der Waals surface area (Å²) < 4.78 is 65.2. The van der Waals surface area contributed by atoms with E-state index in [1.807, 2.05) is 0 Å². The average Bonchev–Trinajstić information content (AvgIpc) is 2.55. The van der Waals surface area contributed by atoms with Gasteiger partial charge >= 0.3 is 6.36 Å². The topological polar surface area (TPSA) is 75.7 Å². The predicted molar refractivity (Wildman–Crippen MR) is 85.5 cm³/mol. The fourth-order valence-corrected chi connectivity index (χ4v) is 3.76. The van der Waals surface area contributed by atoms with Gasteiger partial charge in [-0.2, -0.15) is 0 Å². The highest BCUT2D eigenvalue weighted by Gasteiger charge is 2.32. The number of nitrogens with one attached hydrogen (secondary N) is 1. The molecule has 0 unspecified atom stereocenters. The van der Waals surface area contributed by atoms with Crippen molar-refractivity contribution in [1.29, 1.82) is 0 Å². The van der Waals surface area contributed by atoms with E-state index in [1.165, 1.54) is 16.4 Å². The van der Waals surface area contributed by atoms with Gasteiger partial charge in [0.15, 0.2) is 0 Å². The Morgan fingerprint density at radius 3 is 2.52 bits per heavy atom. The summed E-state index contributed by atoms with van der Waals surface area (Å²) in [5.41, 5.74) is 0.315. The van der Waals surface area contributed by atoms with Crippen LogP contribution in [0.15, 0.2) is 24.3 Å². The Morgan fingerprint density at radius 1 is 1.32 bits per heavy atom.